The average molecular weight is 352 g/mol. The number of halogens is 2. The van der Waals surface area contributed by atoms with Crippen molar-refractivity contribution in [1.29, 1.82) is 0 Å². The Kier molecular flexibility index (Phi) is 5.22. The van der Waals surface area contributed by atoms with E-state index in [1.54, 1.807) is 30.0 Å². The Morgan fingerprint density at radius 2 is 2.00 bits per heavy atom. The van der Waals surface area contributed by atoms with E-state index in [-0.39, 0.29) is 17.5 Å². The fraction of sp³-hybridized carbons (Fsp3) is 0.438. The molecule has 0 bridgehead atoms. The van der Waals surface area contributed by atoms with Crippen LogP contribution in [0, 0.1) is 0 Å². The minimum Gasteiger partial charge on any atom is -0.434 e. The zero-order valence-electron chi connectivity index (χ0n) is 13.7. The lowest BCUT2D eigenvalue weighted by molar-refractivity contribution is -0.130. The number of benzene rings is 1. The van der Waals surface area contributed by atoms with Gasteiger partial charge in [-0.05, 0) is 12.1 Å². The maximum absolute atomic E-state index is 12.5. The van der Waals surface area contributed by atoms with Gasteiger partial charge in [-0.3, -0.25) is 9.69 Å². The SMILES string of the molecule is CC(=O)N1CCN(Cc2nc(-c3ccccc3OC(F)F)no2)CC1. The molecule has 0 unspecified atom stereocenters. The summed E-state index contributed by atoms with van der Waals surface area (Å²) in [7, 11) is 0. The van der Waals surface area contributed by atoms with E-state index in [9.17, 15) is 13.6 Å². The number of hydrogen-bond acceptors (Lipinski definition) is 6. The van der Waals surface area contributed by atoms with E-state index >= 15 is 0 Å². The standard InChI is InChI=1S/C16H18F2N4O3/c1-11(23)22-8-6-21(7-9-22)10-14-19-15(20-25-14)12-4-2-3-5-13(12)24-16(17)18/h2-5,16H,6-10H2,1H3. The Morgan fingerprint density at radius 1 is 1.28 bits per heavy atom. The van der Waals surface area contributed by atoms with E-state index in [0.29, 0.717) is 44.2 Å². The first-order valence-electron chi connectivity index (χ1n) is 7.87. The molecular formula is C16H18F2N4O3. The van der Waals surface area contributed by atoms with Gasteiger partial charge in [0, 0.05) is 33.1 Å². The Balaban J connectivity index is 1.66. The van der Waals surface area contributed by atoms with Crippen LogP contribution in [0.5, 0.6) is 5.75 Å². The van der Waals surface area contributed by atoms with E-state index in [2.05, 4.69) is 19.8 Å². The molecule has 0 radical (unpaired) electrons. The predicted molar refractivity (Wildman–Crippen MR) is 83.9 cm³/mol. The summed E-state index contributed by atoms with van der Waals surface area (Å²) in [6, 6.07) is 6.30. The van der Waals surface area contributed by atoms with Crippen LogP contribution in [-0.2, 0) is 11.3 Å². The molecule has 3 rings (SSSR count). The van der Waals surface area contributed by atoms with Gasteiger partial charge in [-0.15, -0.1) is 0 Å². The number of amides is 1. The third kappa shape index (κ3) is 4.30. The van der Waals surface area contributed by atoms with Crippen molar-refractivity contribution in [3.63, 3.8) is 0 Å². The molecule has 0 saturated carbocycles. The van der Waals surface area contributed by atoms with Crippen molar-refractivity contribution in [3.8, 4) is 17.1 Å². The molecule has 25 heavy (non-hydrogen) atoms. The normalized spacial score (nSPS) is 15.6. The number of rotatable bonds is 5. The molecule has 0 N–H and O–H groups in total. The molecule has 1 aromatic carbocycles. The van der Waals surface area contributed by atoms with E-state index < -0.39 is 6.61 Å². The van der Waals surface area contributed by atoms with Gasteiger partial charge in [-0.2, -0.15) is 13.8 Å². The van der Waals surface area contributed by atoms with Crippen LogP contribution in [0.25, 0.3) is 11.4 Å². The summed E-state index contributed by atoms with van der Waals surface area (Å²) in [5.41, 5.74) is 0.346. The number of piperazine rings is 1. The van der Waals surface area contributed by atoms with Crippen LogP contribution in [-0.4, -0.2) is 58.6 Å². The topological polar surface area (TPSA) is 71.7 Å². The summed E-state index contributed by atoms with van der Waals surface area (Å²) in [6.45, 7) is 1.80. The van der Waals surface area contributed by atoms with Gasteiger partial charge in [-0.25, -0.2) is 0 Å². The molecule has 7 nitrogen and oxygen atoms in total. The van der Waals surface area contributed by atoms with Crippen molar-refractivity contribution in [1.82, 2.24) is 19.9 Å². The largest absolute Gasteiger partial charge is 0.434 e. The Bertz CT molecular complexity index is 730. The van der Waals surface area contributed by atoms with Crippen LogP contribution in [0.4, 0.5) is 8.78 Å². The molecule has 1 amide bonds. The van der Waals surface area contributed by atoms with Crippen LogP contribution < -0.4 is 4.74 Å². The molecular weight excluding hydrogens is 334 g/mol. The fourth-order valence-corrected chi connectivity index (χ4v) is 2.69. The summed E-state index contributed by atoms with van der Waals surface area (Å²) < 4.78 is 34.7. The second-order valence-electron chi connectivity index (χ2n) is 5.67. The summed E-state index contributed by atoms with van der Waals surface area (Å²) in [5, 5.41) is 3.86. The highest BCUT2D eigenvalue weighted by Gasteiger charge is 2.21. The van der Waals surface area contributed by atoms with Gasteiger partial charge in [0.2, 0.25) is 17.6 Å². The van der Waals surface area contributed by atoms with Crippen molar-refractivity contribution >= 4 is 5.91 Å². The molecule has 1 aromatic heterocycles. The molecule has 9 heteroatoms. The lowest BCUT2D eigenvalue weighted by Crippen LogP contribution is -2.47. The van der Waals surface area contributed by atoms with Crippen molar-refractivity contribution in [2.24, 2.45) is 0 Å². The van der Waals surface area contributed by atoms with Gasteiger partial charge in [0.25, 0.3) is 0 Å². The monoisotopic (exact) mass is 352 g/mol. The van der Waals surface area contributed by atoms with Crippen LogP contribution >= 0.6 is 0 Å². The Morgan fingerprint density at radius 3 is 2.68 bits per heavy atom. The van der Waals surface area contributed by atoms with Gasteiger partial charge in [0.1, 0.15) is 5.75 Å². The highest BCUT2D eigenvalue weighted by Crippen LogP contribution is 2.29. The second-order valence-corrected chi connectivity index (χ2v) is 5.67. The zero-order chi connectivity index (χ0) is 17.8. The molecule has 0 atom stereocenters. The molecule has 2 aromatic rings. The van der Waals surface area contributed by atoms with E-state index in [1.165, 1.54) is 6.07 Å². The Labute approximate surface area is 143 Å². The number of ether oxygens (including phenoxy) is 1. The molecule has 1 fully saturated rings. The molecule has 1 aliphatic heterocycles. The molecule has 134 valence electrons. The van der Waals surface area contributed by atoms with Crippen LogP contribution in [0.2, 0.25) is 0 Å². The van der Waals surface area contributed by atoms with Crippen LogP contribution in [0.3, 0.4) is 0 Å². The van der Waals surface area contributed by atoms with E-state index in [0.717, 1.165) is 0 Å². The van der Waals surface area contributed by atoms with Crippen molar-refractivity contribution in [2.75, 3.05) is 26.2 Å². The van der Waals surface area contributed by atoms with Crippen LogP contribution in [0.15, 0.2) is 28.8 Å². The summed E-state index contributed by atoms with van der Waals surface area (Å²) in [4.78, 5) is 19.5. The number of carbonyl (C=O) groups is 1. The smallest absolute Gasteiger partial charge is 0.387 e. The number of carbonyl (C=O) groups excluding carboxylic acids is 1. The highest BCUT2D eigenvalue weighted by molar-refractivity contribution is 5.73. The van der Waals surface area contributed by atoms with Gasteiger partial charge >= 0.3 is 6.61 Å². The number of aromatic nitrogens is 2. The number of hydrogen-bond donors (Lipinski definition) is 0. The first kappa shape index (κ1) is 17.3. The van der Waals surface area contributed by atoms with Crippen molar-refractivity contribution in [3.05, 3.63) is 30.2 Å². The second kappa shape index (κ2) is 7.56. The summed E-state index contributed by atoms with van der Waals surface area (Å²) in [6.07, 6.45) is 0. The zero-order valence-corrected chi connectivity index (χ0v) is 13.7. The Hall–Kier alpha value is -2.55. The fourth-order valence-electron chi connectivity index (χ4n) is 2.69. The lowest BCUT2D eigenvalue weighted by atomic mass is 10.2. The van der Waals surface area contributed by atoms with Crippen LogP contribution in [0.1, 0.15) is 12.8 Å². The van der Waals surface area contributed by atoms with E-state index in [4.69, 9.17) is 4.52 Å². The number of para-hydroxylation sites is 1. The molecule has 0 aliphatic carbocycles. The van der Waals surface area contributed by atoms with Crippen molar-refractivity contribution in [2.45, 2.75) is 20.1 Å². The third-order valence-corrected chi connectivity index (χ3v) is 3.99. The minimum atomic E-state index is -2.93. The summed E-state index contributed by atoms with van der Waals surface area (Å²) in [5.74, 6) is 0.655. The lowest BCUT2D eigenvalue weighted by Gasteiger charge is -2.33. The maximum Gasteiger partial charge on any atom is 0.387 e. The first-order chi connectivity index (χ1) is 12.0. The molecule has 2 heterocycles. The molecule has 1 aliphatic rings. The van der Waals surface area contributed by atoms with Gasteiger partial charge in [0.05, 0.1) is 12.1 Å². The number of nitrogens with zero attached hydrogens (tertiary/aromatic N) is 4. The quantitative estimate of drug-likeness (QED) is 0.820. The number of alkyl halides is 2. The highest BCUT2D eigenvalue weighted by atomic mass is 19.3. The van der Waals surface area contributed by atoms with E-state index in [1.807, 2.05) is 0 Å². The first-order valence-corrected chi connectivity index (χ1v) is 7.87. The van der Waals surface area contributed by atoms with Crippen molar-refractivity contribution < 1.29 is 22.8 Å². The average Bonchev–Trinajstić information content (AvgIpc) is 3.03. The van der Waals surface area contributed by atoms with Gasteiger partial charge in [-0.1, -0.05) is 17.3 Å². The third-order valence-electron chi connectivity index (χ3n) is 3.99. The molecule has 1 saturated heterocycles. The minimum absolute atomic E-state index is 0.0000718. The summed E-state index contributed by atoms with van der Waals surface area (Å²) >= 11 is 0. The molecule has 0 spiro atoms. The van der Waals surface area contributed by atoms with Gasteiger partial charge in [0.15, 0.2) is 0 Å². The maximum atomic E-state index is 12.5. The predicted octanol–water partition coefficient (Wildman–Crippen LogP) is 2.00. The van der Waals surface area contributed by atoms with Gasteiger partial charge < -0.3 is 14.2 Å².